The van der Waals surface area contributed by atoms with Gasteiger partial charge in [0.05, 0.1) is 12.2 Å². The van der Waals surface area contributed by atoms with Crippen LogP contribution >= 0.6 is 0 Å². The molecular formula is C19H15F2N3O2. The Labute approximate surface area is 148 Å². The Balaban J connectivity index is 1.47. The molecule has 5 nitrogen and oxygen atoms in total. The van der Waals surface area contributed by atoms with Gasteiger partial charge in [-0.25, -0.2) is 8.78 Å². The average Bonchev–Trinajstić information content (AvgIpc) is 2.67. The Bertz CT molecular complexity index is 867. The van der Waals surface area contributed by atoms with E-state index in [0.717, 1.165) is 5.56 Å². The molecule has 0 aliphatic heterocycles. The molecule has 0 aliphatic carbocycles. The van der Waals surface area contributed by atoms with Crippen LogP contribution < -0.4 is 10.1 Å². The zero-order valence-electron chi connectivity index (χ0n) is 13.7. The summed E-state index contributed by atoms with van der Waals surface area (Å²) < 4.78 is 31.2. The number of rotatable bonds is 6. The summed E-state index contributed by atoms with van der Waals surface area (Å²) in [5.41, 5.74) is 1.72. The van der Waals surface area contributed by atoms with E-state index in [1.54, 1.807) is 24.3 Å². The lowest BCUT2D eigenvalue weighted by Gasteiger charge is -2.07. The zero-order valence-corrected chi connectivity index (χ0v) is 13.7. The molecule has 0 radical (unpaired) electrons. The fraction of sp³-hybridized carbons (Fsp3) is 0.105. The van der Waals surface area contributed by atoms with Gasteiger partial charge in [0.25, 0.3) is 5.91 Å². The van der Waals surface area contributed by atoms with Crippen LogP contribution in [0.2, 0.25) is 0 Å². The fourth-order valence-corrected chi connectivity index (χ4v) is 2.20. The average molecular weight is 355 g/mol. The summed E-state index contributed by atoms with van der Waals surface area (Å²) in [5.74, 6) is -0.713. The Morgan fingerprint density at radius 2 is 1.54 bits per heavy atom. The predicted octanol–water partition coefficient (Wildman–Crippen LogP) is 3.23. The highest BCUT2D eigenvalue weighted by molar-refractivity contribution is 5.94. The highest BCUT2D eigenvalue weighted by Gasteiger charge is 2.06. The molecule has 1 heterocycles. The molecule has 0 aliphatic rings. The topological polar surface area (TPSA) is 64.1 Å². The minimum Gasteiger partial charge on any atom is -0.475 e. The maximum atomic E-state index is 12.9. The van der Waals surface area contributed by atoms with E-state index >= 15 is 0 Å². The van der Waals surface area contributed by atoms with E-state index in [2.05, 4.69) is 15.5 Å². The number of carbonyl (C=O) groups is 1. The number of nitrogens with one attached hydrogen (secondary N) is 1. The smallest absolute Gasteiger partial charge is 0.251 e. The van der Waals surface area contributed by atoms with E-state index in [4.69, 9.17) is 4.74 Å². The van der Waals surface area contributed by atoms with E-state index < -0.39 is 5.82 Å². The van der Waals surface area contributed by atoms with Crippen molar-refractivity contribution < 1.29 is 18.3 Å². The molecule has 1 N–H and O–H groups in total. The summed E-state index contributed by atoms with van der Waals surface area (Å²) >= 11 is 0. The largest absolute Gasteiger partial charge is 0.475 e. The third-order valence-electron chi connectivity index (χ3n) is 3.52. The molecule has 0 fully saturated rings. The van der Waals surface area contributed by atoms with Crippen LogP contribution in [0.3, 0.4) is 0 Å². The standard InChI is InChI=1S/C19H15F2N3O2/c20-15-5-1-13(2-6-15)17-9-10-18(24-23-17)26-12-11-22-19(25)14-3-7-16(21)8-4-14/h1-10H,11-12H2,(H,22,25). The summed E-state index contributed by atoms with van der Waals surface area (Å²) in [6.07, 6.45) is 0. The first-order valence-electron chi connectivity index (χ1n) is 7.88. The van der Waals surface area contributed by atoms with Crippen molar-refractivity contribution >= 4 is 5.91 Å². The first kappa shape index (κ1) is 17.5. The summed E-state index contributed by atoms with van der Waals surface area (Å²) in [5, 5.41) is 10.6. The van der Waals surface area contributed by atoms with E-state index in [1.165, 1.54) is 36.4 Å². The molecule has 1 amide bonds. The Morgan fingerprint density at radius 1 is 0.885 bits per heavy atom. The Morgan fingerprint density at radius 3 is 2.15 bits per heavy atom. The molecular weight excluding hydrogens is 340 g/mol. The minimum atomic E-state index is -0.396. The van der Waals surface area contributed by atoms with Crippen molar-refractivity contribution in [2.24, 2.45) is 0 Å². The summed E-state index contributed by atoms with van der Waals surface area (Å²) in [6.45, 7) is 0.467. The lowest BCUT2D eigenvalue weighted by atomic mass is 10.1. The molecule has 1 aromatic heterocycles. The minimum absolute atomic E-state index is 0.206. The summed E-state index contributed by atoms with van der Waals surface area (Å²) in [6, 6.07) is 14.6. The number of halogens is 2. The second-order valence-electron chi connectivity index (χ2n) is 5.37. The van der Waals surface area contributed by atoms with E-state index in [0.29, 0.717) is 17.1 Å². The summed E-state index contributed by atoms with van der Waals surface area (Å²) in [7, 11) is 0. The van der Waals surface area contributed by atoms with Crippen LogP contribution in [0.15, 0.2) is 60.7 Å². The van der Waals surface area contributed by atoms with Gasteiger partial charge in [0.1, 0.15) is 18.2 Å². The van der Waals surface area contributed by atoms with Gasteiger partial charge in [-0.05, 0) is 54.6 Å². The van der Waals surface area contributed by atoms with Gasteiger partial charge in [-0.15, -0.1) is 10.2 Å². The first-order chi connectivity index (χ1) is 12.6. The van der Waals surface area contributed by atoms with Gasteiger partial charge >= 0.3 is 0 Å². The SMILES string of the molecule is O=C(NCCOc1ccc(-c2ccc(F)cc2)nn1)c1ccc(F)cc1. The first-order valence-corrected chi connectivity index (χ1v) is 7.88. The molecule has 2 aromatic carbocycles. The zero-order chi connectivity index (χ0) is 18.4. The number of hydrogen-bond donors (Lipinski definition) is 1. The Kier molecular flexibility index (Phi) is 5.48. The van der Waals surface area contributed by atoms with Gasteiger partial charge in [0, 0.05) is 17.2 Å². The number of nitrogens with zero attached hydrogens (tertiary/aromatic N) is 2. The normalized spacial score (nSPS) is 10.4. The van der Waals surface area contributed by atoms with Crippen molar-refractivity contribution in [3.05, 3.63) is 77.9 Å². The maximum absolute atomic E-state index is 12.9. The third kappa shape index (κ3) is 4.60. The van der Waals surface area contributed by atoms with Crippen molar-refractivity contribution in [2.75, 3.05) is 13.2 Å². The number of benzene rings is 2. The summed E-state index contributed by atoms with van der Waals surface area (Å²) in [4.78, 5) is 11.8. The molecule has 26 heavy (non-hydrogen) atoms. The highest BCUT2D eigenvalue weighted by Crippen LogP contribution is 2.18. The number of carbonyl (C=O) groups excluding carboxylic acids is 1. The molecule has 0 saturated carbocycles. The van der Waals surface area contributed by atoms with Crippen molar-refractivity contribution in [2.45, 2.75) is 0 Å². The van der Waals surface area contributed by atoms with Gasteiger partial charge in [-0.1, -0.05) is 0 Å². The van der Waals surface area contributed by atoms with Crippen LogP contribution in [0.25, 0.3) is 11.3 Å². The van der Waals surface area contributed by atoms with Gasteiger partial charge < -0.3 is 10.1 Å². The van der Waals surface area contributed by atoms with Crippen molar-refractivity contribution in [1.82, 2.24) is 15.5 Å². The maximum Gasteiger partial charge on any atom is 0.251 e. The molecule has 3 rings (SSSR count). The van der Waals surface area contributed by atoms with Crippen LogP contribution in [-0.4, -0.2) is 29.3 Å². The molecule has 0 spiro atoms. The molecule has 0 unspecified atom stereocenters. The molecule has 0 atom stereocenters. The fourth-order valence-electron chi connectivity index (χ4n) is 2.20. The number of aromatic nitrogens is 2. The second-order valence-corrected chi connectivity index (χ2v) is 5.37. The highest BCUT2D eigenvalue weighted by atomic mass is 19.1. The van der Waals surface area contributed by atoms with Crippen LogP contribution in [0, 0.1) is 11.6 Å². The van der Waals surface area contributed by atoms with Gasteiger partial charge in [0.2, 0.25) is 5.88 Å². The third-order valence-corrected chi connectivity index (χ3v) is 3.52. The quantitative estimate of drug-likeness (QED) is 0.690. The van der Waals surface area contributed by atoms with Crippen LogP contribution in [-0.2, 0) is 0 Å². The van der Waals surface area contributed by atoms with Crippen LogP contribution in [0.5, 0.6) is 5.88 Å². The van der Waals surface area contributed by atoms with Crippen LogP contribution in [0.1, 0.15) is 10.4 Å². The van der Waals surface area contributed by atoms with Gasteiger partial charge in [-0.2, -0.15) is 0 Å². The lowest BCUT2D eigenvalue weighted by molar-refractivity contribution is 0.0946. The van der Waals surface area contributed by atoms with Crippen molar-refractivity contribution in [3.8, 4) is 17.1 Å². The second kappa shape index (κ2) is 8.15. The van der Waals surface area contributed by atoms with Crippen LogP contribution in [0.4, 0.5) is 8.78 Å². The number of ether oxygens (including phenoxy) is 1. The molecule has 7 heteroatoms. The molecule has 3 aromatic rings. The monoisotopic (exact) mass is 355 g/mol. The Hall–Kier alpha value is -3.35. The van der Waals surface area contributed by atoms with Crippen molar-refractivity contribution in [1.29, 1.82) is 0 Å². The van der Waals surface area contributed by atoms with E-state index in [1.807, 2.05) is 0 Å². The van der Waals surface area contributed by atoms with Gasteiger partial charge in [-0.3, -0.25) is 4.79 Å². The van der Waals surface area contributed by atoms with E-state index in [-0.39, 0.29) is 24.9 Å². The van der Waals surface area contributed by atoms with Crippen molar-refractivity contribution in [3.63, 3.8) is 0 Å². The molecule has 132 valence electrons. The predicted molar refractivity (Wildman–Crippen MR) is 91.7 cm³/mol. The number of hydrogen-bond acceptors (Lipinski definition) is 4. The molecule has 0 saturated heterocycles. The molecule has 0 bridgehead atoms. The van der Waals surface area contributed by atoms with E-state index in [9.17, 15) is 13.6 Å². The van der Waals surface area contributed by atoms with Gasteiger partial charge in [0.15, 0.2) is 0 Å². The lowest BCUT2D eigenvalue weighted by Crippen LogP contribution is -2.28. The number of amides is 1.